The van der Waals surface area contributed by atoms with Crippen LogP contribution in [0, 0.1) is 5.92 Å². The standard InChI is InChI=1S/C21H26N2O4S2/c1-15(24)17-8-4-10-22(13-17)21(25)19-12-16-6-2-3-7-18(16)14-23(19)29(26,27)20-9-5-11-28-20/h2-3,5-7,9,11,15,17,19,24H,4,8,10,12-14H2,1H3/t15-,17-,19+/m0/s1. The van der Waals surface area contributed by atoms with E-state index in [1.807, 2.05) is 24.3 Å². The highest BCUT2D eigenvalue weighted by Gasteiger charge is 2.42. The Morgan fingerprint density at radius 1 is 1.21 bits per heavy atom. The molecule has 0 spiro atoms. The van der Waals surface area contributed by atoms with Crippen LogP contribution in [0.25, 0.3) is 0 Å². The lowest BCUT2D eigenvalue weighted by molar-refractivity contribution is -0.138. The number of piperidine rings is 1. The van der Waals surface area contributed by atoms with E-state index in [4.69, 9.17) is 0 Å². The number of nitrogens with zero attached hydrogens (tertiary/aromatic N) is 2. The molecule has 0 radical (unpaired) electrons. The van der Waals surface area contributed by atoms with Crippen LogP contribution in [0.15, 0.2) is 46.0 Å². The molecule has 2 aromatic rings. The van der Waals surface area contributed by atoms with Gasteiger partial charge in [-0.3, -0.25) is 4.79 Å². The van der Waals surface area contributed by atoms with Crippen molar-refractivity contribution in [3.05, 3.63) is 52.9 Å². The van der Waals surface area contributed by atoms with Gasteiger partial charge < -0.3 is 10.0 Å². The van der Waals surface area contributed by atoms with Gasteiger partial charge in [-0.15, -0.1) is 11.3 Å². The van der Waals surface area contributed by atoms with Crippen LogP contribution in [-0.2, 0) is 27.8 Å². The van der Waals surface area contributed by atoms with Crippen LogP contribution in [0.3, 0.4) is 0 Å². The van der Waals surface area contributed by atoms with Crippen molar-refractivity contribution in [3.63, 3.8) is 0 Å². The van der Waals surface area contributed by atoms with E-state index in [2.05, 4.69) is 0 Å². The largest absolute Gasteiger partial charge is 0.393 e. The van der Waals surface area contributed by atoms with Gasteiger partial charge in [-0.2, -0.15) is 4.31 Å². The Hall–Kier alpha value is -1.74. The van der Waals surface area contributed by atoms with Gasteiger partial charge in [0, 0.05) is 25.6 Å². The normalized spacial score (nSPS) is 24.1. The van der Waals surface area contributed by atoms with E-state index in [0.29, 0.717) is 19.5 Å². The number of likely N-dealkylation sites (tertiary alicyclic amines) is 1. The molecule has 156 valence electrons. The fraction of sp³-hybridized carbons (Fsp3) is 0.476. The lowest BCUT2D eigenvalue weighted by Crippen LogP contribution is -2.55. The van der Waals surface area contributed by atoms with Gasteiger partial charge in [0.05, 0.1) is 6.10 Å². The number of fused-ring (bicyclic) bond motifs is 1. The number of aliphatic hydroxyl groups excluding tert-OH is 1. The third-order valence-electron chi connectivity index (χ3n) is 6.00. The van der Waals surface area contributed by atoms with E-state index in [0.717, 1.165) is 24.0 Å². The molecule has 4 rings (SSSR count). The molecule has 0 bridgehead atoms. The van der Waals surface area contributed by atoms with E-state index < -0.39 is 22.2 Å². The van der Waals surface area contributed by atoms with E-state index in [-0.39, 0.29) is 22.6 Å². The summed E-state index contributed by atoms with van der Waals surface area (Å²) in [6.45, 7) is 3.03. The molecule has 1 N–H and O–H groups in total. The smallest absolute Gasteiger partial charge is 0.253 e. The third-order valence-corrected chi connectivity index (χ3v) is 9.23. The van der Waals surface area contributed by atoms with Crippen molar-refractivity contribution in [1.82, 2.24) is 9.21 Å². The van der Waals surface area contributed by atoms with E-state index in [1.54, 1.807) is 29.3 Å². The van der Waals surface area contributed by atoms with Gasteiger partial charge in [0.2, 0.25) is 5.91 Å². The maximum absolute atomic E-state index is 13.5. The van der Waals surface area contributed by atoms with Crippen molar-refractivity contribution in [1.29, 1.82) is 0 Å². The van der Waals surface area contributed by atoms with Gasteiger partial charge >= 0.3 is 0 Å². The minimum Gasteiger partial charge on any atom is -0.393 e. The van der Waals surface area contributed by atoms with Crippen LogP contribution < -0.4 is 0 Å². The number of thiophene rings is 1. The SMILES string of the molecule is C[C@H](O)[C@H]1CCCN(C(=O)[C@H]2Cc3ccccc3CN2S(=O)(=O)c2cccs2)C1. The van der Waals surface area contributed by atoms with Crippen LogP contribution in [-0.4, -0.2) is 53.9 Å². The molecular weight excluding hydrogens is 408 g/mol. The Morgan fingerprint density at radius 3 is 2.66 bits per heavy atom. The van der Waals surface area contributed by atoms with E-state index >= 15 is 0 Å². The highest BCUT2D eigenvalue weighted by atomic mass is 32.2. The summed E-state index contributed by atoms with van der Waals surface area (Å²) in [7, 11) is -3.77. The maximum Gasteiger partial charge on any atom is 0.253 e. The number of carbonyl (C=O) groups excluding carboxylic acids is 1. The number of rotatable bonds is 4. The molecule has 1 fully saturated rings. The summed E-state index contributed by atoms with van der Waals surface area (Å²) in [6.07, 6.45) is 1.59. The van der Waals surface area contributed by atoms with Crippen LogP contribution in [0.2, 0.25) is 0 Å². The van der Waals surface area contributed by atoms with Gasteiger partial charge in [-0.1, -0.05) is 30.3 Å². The first kappa shape index (κ1) is 20.5. The predicted molar refractivity (Wildman–Crippen MR) is 112 cm³/mol. The quantitative estimate of drug-likeness (QED) is 0.802. The van der Waals surface area contributed by atoms with Gasteiger partial charge in [-0.25, -0.2) is 8.42 Å². The molecule has 0 saturated carbocycles. The van der Waals surface area contributed by atoms with Gasteiger partial charge in [0.15, 0.2) is 0 Å². The zero-order chi connectivity index (χ0) is 20.6. The number of hydrogen-bond acceptors (Lipinski definition) is 5. The molecule has 1 aromatic carbocycles. The van der Waals surface area contributed by atoms with Gasteiger partial charge in [-0.05, 0) is 48.8 Å². The van der Waals surface area contributed by atoms with Crippen molar-refractivity contribution in [2.75, 3.05) is 13.1 Å². The fourth-order valence-corrected chi connectivity index (χ4v) is 6.98. The molecule has 3 heterocycles. The summed E-state index contributed by atoms with van der Waals surface area (Å²) in [6, 6.07) is 10.3. The molecule has 29 heavy (non-hydrogen) atoms. The van der Waals surface area contributed by atoms with Crippen LogP contribution in [0.5, 0.6) is 0 Å². The van der Waals surface area contributed by atoms with E-state index in [1.165, 1.54) is 15.6 Å². The van der Waals surface area contributed by atoms with Crippen LogP contribution in [0.1, 0.15) is 30.9 Å². The minimum absolute atomic E-state index is 0.0333. The first-order valence-electron chi connectivity index (χ1n) is 9.97. The molecule has 3 atom stereocenters. The average Bonchev–Trinajstić information content (AvgIpc) is 3.28. The lowest BCUT2D eigenvalue weighted by Gasteiger charge is -2.40. The summed E-state index contributed by atoms with van der Waals surface area (Å²) >= 11 is 1.17. The zero-order valence-electron chi connectivity index (χ0n) is 16.4. The number of sulfonamides is 1. The molecule has 0 aliphatic carbocycles. The summed E-state index contributed by atoms with van der Waals surface area (Å²) < 4.78 is 28.3. The third kappa shape index (κ3) is 3.99. The topological polar surface area (TPSA) is 77.9 Å². The number of carbonyl (C=O) groups is 1. The fourth-order valence-electron chi connectivity index (χ4n) is 4.30. The second-order valence-corrected chi connectivity index (χ2v) is 11.0. The number of aliphatic hydroxyl groups is 1. The number of amides is 1. The average molecular weight is 435 g/mol. The molecule has 2 aliphatic rings. The van der Waals surface area contributed by atoms with Crippen molar-refractivity contribution in [3.8, 4) is 0 Å². The summed E-state index contributed by atoms with van der Waals surface area (Å²) in [5.41, 5.74) is 1.96. The summed E-state index contributed by atoms with van der Waals surface area (Å²) in [5, 5.41) is 11.7. The van der Waals surface area contributed by atoms with Crippen molar-refractivity contribution >= 4 is 27.3 Å². The van der Waals surface area contributed by atoms with Crippen molar-refractivity contribution in [2.45, 2.75) is 49.1 Å². The van der Waals surface area contributed by atoms with Gasteiger partial charge in [0.25, 0.3) is 10.0 Å². The Bertz CT molecular complexity index is 972. The molecular formula is C21H26N2O4S2. The minimum atomic E-state index is -3.77. The van der Waals surface area contributed by atoms with Crippen molar-refractivity contribution < 1.29 is 18.3 Å². The summed E-state index contributed by atoms with van der Waals surface area (Å²) in [4.78, 5) is 15.2. The molecule has 8 heteroatoms. The van der Waals surface area contributed by atoms with E-state index in [9.17, 15) is 18.3 Å². The highest BCUT2D eigenvalue weighted by molar-refractivity contribution is 7.91. The van der Waals surface area contributed by atoms with Crippen molar-refractivity contribution in [2.24, 2.45) is 5.92 Å². The predicted octanol–water partition coefficient (Wildman–Crippen LogP) is 2.48. The molecule has 6 nitrogen and oxygen atoms in total. The Labute approximate surface area is 175 Å². The Morgan fingerprint density at radius 2 is 1.97 bits per heavy atom. The number of hydrogen-bond donors (Lipinski definition) is 1. The Kier molecular flexibility index (Phi) is 5.79. The zero-order valence-corrected chi connectivity index (χ0v) is 18.0. The monoisotopic (exact) mass is 434 g/mol. The number of benzene rings is 1. The summed E-state index contributed by atoms with van der Waals surface area (Å²) in [5.74, 6) is -0.129. The first-order chi connectivity index (χ1) is 13.9. The molecule has 1 saturated heterocycles. The second kappa shape index (κ2) is 8.18. The first-order valence-corrected chi connectivity index (χ1v) is 12.3. The molecule has 0 unspecified atom stereocenters. The molecule has 1 aromatic heterocycles. The second-order valence-electron chi connectivity index (χ2n) is 7.90. The van der Waals surface area contributed by atoms with Crippen LogP contribution in [0.4, 0.5) is 0 Å². The lowest BCUT2D eigenvalue weighted by atomic mass is 9.91. The molecule has 2 aliphatic heterocycles. The van der Waals surface area contributed by atoms with Gasteiger partial charge in [0.1, 0.15) is 10.3 Å². The highest BCUT2D eigenvalue weighted by Crippen LogP contribution is 2.32. The van der Waals surface area contributed by atoms with Crippen LogP contribution >= 0.6 is 11.3 Å². The maximum atomic E-state index is 13.5. The molecule has 1 amide bonds. The Balaban J connectivity index is 1.68.